The predicted octanol–water partition coefficient (Wildman–Crippen LogP) is 0.917. The fourth-order valence-corrected chi connectivity index (χ4v) is 0.675. The van der Waals surface area contributed by atoms with Crippen LogP contribution in [-0.2, 0) is 0 Å². The zero-order chi connectivity index (χ0) is 7.65. The Labute approximate surface area is 61.0 Å². The third kappa shape index (κ3) is 3.04. The number of aliphatic hydroxyl groups is 1. The van der Waals surface area contributed by atoms with E-state index in [1.807, 2.05) is 13.8 Å². The molecule has 0 aliphatic rings. The second-order valence-corrected chi connectivity index (χ2v) is 3.34. The Bertz CT molecular complexity index is 87.5. The van der Waals surface area contributed by atoms with E-state index in [2.05, 4.69) is 0 Å². The van der Waals surface area contributed by atoms with Crippen LogP contribution in [0.2, 0.25) is 0 Å². The normalized spacial score (nSPS) is 21.7. The molecule has 0 aromatic heterocycles. The molecule has 0 aliphatic carbocycles. The summed E-state index contributed by atoms with van der Waals surface area (Å²) in [5.41, 5.74) is 4.05. The first-order chi connectivity index (χ1) is 3.85. The molecule has 0 saturated carbocycles. The van der Waals surface area contributed by atoms with E-state index in [0.29, 0.717) is 0 Å². The zero-order valence-corrected chi connectivity index (χ0v) is 6.81. The van der Waals surface area contributed by atoms with Gasteiger partial charge in [0.25, 0.3) is 0 Å². The van der Waals surface area contributed by atoms with E-state index < -0.39 is 5.72 Å². The summed E-state index contributed by atoms with van der Waals surface area (Å²) in [6.07, 6.45) is 0. The van der Waals surface area contributed by atoms with E-state index in [0.717, 1.165) is 0 Å². The smallest absolute Gasteiger partial charge is 0.127 e. The maximum Gasteiger partial charge on any atom is 0.127 e. The third-order valence-corrected chi connectivity index (χ3v) is 2.09. The van der Waals surface area contributed by atoms with E-state index >= 15 is 0 Å². The molecule has 2 nitrogen and oxygen atoms in total. The topological polar surface area (TPSA) is 46.2 Å². The average molecular weight is 152 g/mol. The van der Waals surface area contributed by atoms with Crippen LogP contribution < -0.4 is 5.73 Å². The third-order valence-electron chi connectivity index (χ3n) is 1.14. The largest absolute Gasteiger partial charge is 0.375 e. The molecule has 0 saturated heterocycles. The first-order valence-corrected chi connectivity index (χ1v) is 3.44. The fourth-order valence-electron chi connectivity index (χ4n) is 0.675. The van der Waals surface area contributed by atoms with E-state index in [-0.39, 0.29) is 11.3 Å². The number of hydrogen-bond donors (Lipinski definition) is 2. The molecular weight excluding hydrogens is 138 g/mol. The van der Waals surface area contributed by atoms with Crippen LogP contribution in [0.25, 0.3) is 0 Å². The second-order valence-electron chi connectivity index (χ2n) is 2.87. The molecule has 0 amide bonds. The number of alkyl halides is 1. The molecule has 0 radical (unpaired) electrons. The molecule has 0 bridgehead atoms. The van der Waals surface area contributed by atoms with Gasteiger partial charge in [-0.25, -0.2) is 0 Å². The van der Waals surface area contributed by atoms with Gasteiger partial charge in [-0.1, -0.05) is 13.8 Å². The van der Waals surface area contributed by atoms with Gasteiger partial charge in [0.2, 0.25) is 0 Å². The quantitative estimate of drug-likeness (QED) is 0.456. The van der Waals surface area contributed by atoms with E-state index in [9.17, 15) is 0 Å². The molecule has 3 N–H and O–H groups in total. The molecule has 3 heteroatoms. The lowest BCUT2D eigenvalue weighted by molar-refractivity contribution is 0.0498. The van der Waals surface area contributed by atoms with Gasteiger partial charge in [-0.05, 0) is 12.8 Å². The molecule has 0 aromatic rings. The van der Waals surface area contributed by atoms with Gasteiger partial charge >= 0.3 is 0 Å². The summed E-state index contributed by atoms with van der Waals surface area (Å²) in [7, 11) is 0. The summed E-state index contributed by atoms with van der Waals surface area (Å²) < 4.78 is 0. The van der Waals surface area contributed by atoms with Crippen LogP contribution in [0, 0.1) is 5.92 Å². The first kappa shape index (κ1) is 9.21. The van der Waals surface area contributed by atoms with Gasteiger partial charge in [0, 0.05) is 0 Å². The highest BCUT2D eigenvalue weighted by atomic mass is 35.5. The van der Waals surface area contributed by atoms with E-state index in [1.54, 1.807) is 0 Å². The maximum absolute atomic E-state index is 9.10. The van der Waals surface area contributed by atoms with Crippen LogP contribution in [0.3, 0.4) is 0 Å². The maximum atomic E-state index is 9.10. The van der Waals surface area contributed by atoms with Crippen molar-refractivity contribution in [3.05, 3.63) is 0 Å². The molecule has 0 rings (SSSR count). The molecule has 0 fully saturated rings. The summed E-state index contributed by atoms with van der Waals surface area (Å²) in [6.45, 7) is 5.34. The molecular formula is C6H14ClNO. The molecule has 0 spiro atoms. The first-order valence-electron chi connectivity index (χ1n) is 3.01. The summed E-state index contributed by atoms with van der Waals surface area (Å²) in [5.74, 6) is 0.201. The Morgan fingerprint density at radius 3 is 1.89 bits per heavy atom. The lowest BCUT2D eigenvalue weighted by atomic mass is 10.0. The minimum Gasteiger partial charge on any atom is -0.375 e. The Kier molecular flexibility index (Phi) is 2.93. The van der Waals surface area contributed by atoms with Gasteiger partial charge in [-0.2, -0.15) is 0 Å². The monoisotopic (exact) mass is 151 g/mol. The van der Waals surface area contributed by atoms with Gasteiger partial charge < -0.3 is 10.8 Å². The molecule has 9 heavy (non-hydrogen) atoms. The molecule has 0 aromatic carbocycles. The van der Waals surface area contributed by atoms with Crippen LogP contribution >= 0.6 is 11.6 Å². The Morgan fingerprint density at radius 2 is 1.89 bits per heavy atom. The summed E-state index contributed by atoms with van der Waals surface area (Å²) >= 11 is 5.72. The zero-order valence-electron chi connectivity index (χ0n) is 6.06. The fraction of sp³-hybridized carbons (Fsp3) is 1.00. The predicted molar refractivity (Wildman–Crippen MR) is 39.3 cm³/mol. The molecule has 2 atom stereocenters. The van der Waals surface area contributed by atoms with Gasteiger partial charge in [-0.3, -0.25) is 0 Å². The van der Waals surface area contributed by atoms with Crippen molar-refractivity contribution in [2.75, 3.05) is 0 Å². The van der Waals surface area contributed by atoms with Crippen molar-refractivity contribution in [3.8, 4) is 0 Å². The van der Waals surface area contributed by atoms with Crippen molar-refractivity contribution in [2.24, 2.45) is 11.7 Å². The Morgan fingerprint density at radius 1 is 1.56 bits per heavy atom. The average Bonchev–Trinajstić information content (AvgIpc) is 1.62. The standard InChI is InChI=1S/C6H14ClNO/c1-4(2)5(7)6(3,8)9/h4-5,9H,8H2,1-3H3. The van der Waals surface area contributed by atoms with Gasteiger partial charge in [0.1, 0.15) is 5.72 Å². The summed E-state index contributed by atoms with van der Waals surface area (Å²) in [5, 5.41) is 8.73. The lowest BCUT2D eigenvalue weighted by Crippen LogP contribution is -2.47. The number of rotatable bonds is 2. The number of halogens is 1. The van der Waals surface area contributed by atoms with Crippen LogP contribution in [0.4, 0.5) is 0 Å². The number of hydrogen-bond acceptors (Lipinski definition) is 2. The minimum atomic E-state index is -1.25. The molecule has 2 unspecified atom stereocenters. The van der Waals surface area contributed by atoms with Crippen molar-refractivity contribution in [1.29, 1.82) is 0 Å². The van der Waals surface area contributed by atoms with Crippen LogP contribution in [0.15, 0.2) is 0 Å². The summed E-state index contributed by atoms with van der Waals surface area (Å²) in [6, 6.07) is 0. The van der Waals surface area contributed by atoms with Crippen molar-refractivity contribution < 1.29 is 5.11 Å². The lowest BCUT2D eigenvalue weighted by Gasteiger charge is -2.26. The Hall–Kier alpha value is 0.210. The minimum absolute atomic E-state index is 0.201. The Balaban J connectivity index is 3.88. The highest BCUT2D eigenvalue weighted by molar-refractivity contribution is 6.21. The second kappa shape index (κ2) is 2.86. The van der Waals surface area contributed by atoms with E-state index in [4.69, 9.17) is 22.4 Å². The van der Waals surface area contributed by atoms with Gasteiger partial charge in [0.05, 0.1) is 5.38 Å². The van der Waals surface area contributed by atoms with Crippen molar-refractivity contribution >= 4 is 11.6 Å². The van der Waals surface area contributed by atoms with Crippen LogP contribution in [0.5, 0.6) is 0 Å². The molecule has 0 heterocycles. The SMILES string of the molecule is CC(C)C(Cl)C(C)(N)O. The van der Waals surface area contributed by atoms with Crippen molar-refractivity contribution in [2.45, 2.75) is 31.9 Å². The van der Waals surface area contributed by atoms with Crippen LogP contribution in [-0.4, -0.2) is 16.2 Å². The van der Waals surface area contributed by atoms with Crippen molar-refractivity contribution in [3.63, 3.8) is 0 Å². The van der Waals surface area contributed by atoms with Gasteiger partial charge in [0.15, 0.2) is 0 Å². The summed E-state index contributed by atoms with van der Waals surface area (Å²) in [4.78, 5) is 0. The highest BCUT2D eigenvalue weighted by Crippen LogP contribution is 2.18. The van der Waals surface area contributed by atoms with Crippen molar-refractivity contribution in [1.82, 2.24) is 0 Å². The molecule has 56 valence electrons. The van der Waals surface area contributed by atoms with Crippen LogP contribution in [0.1, 0.15) is 20.8 Å². The molecule has 0 aliphatic heterocycles. The van der Waals surface area contributed by atoms with E-state index in [1.165, 1.54) is 6.92 Å². The van der Waals surface area contributed by atoms with Gasteiger partial charge in [-0.15, -0.1) is 11.6 Å². The number of nitrogens with two attached hydrogens (primary N) is 1. The highest BCUT2D eigenvalue weighted by Gasteiger charge is 2.27.